The van der Waals surface area contributed by atoms with Gasteiger partial charge in [-0.2, -0.15) is 10.2 Å². The van der Waals surface area contributed by atoms with Crippen molar-refractivity contribution in [1.82, 2.24) is 29.8 Å². The van der Waals surface area contributed by atoms with Gasteiger partial charge in [-0.3, -0.25) is 14.2 Å². The van der Waals surface area contributed by atoms with Crippen LogP contribution in [0.5, 0.6) is 0 Å². The zero-order chi connectivity index (χ0) is 17.0. The summed E-state index contributed by atoms with van der Waals surface area (Å²) in [6.07, 6.45) is 6.89. The van der Waals surface area contributed by atoms with E-state index >= 15 is 0 Å². The van der Waals surface area contributed by atoms with Gasteiger partial charge in [0, 0.05) is 31.2 Å². The number of nitrogens with zero attached hydrogens (tertiary/aromatic N) is 5. The summed E-state index contributed by atoms with van der Waals surface area (Å²) in [5.41, 5.74) is -0.651. The number of nitrogens with one attached hydrogen (secondary N) is 2. The van der Waals surface area contributed by atoms with Crippen molar-refractivity contribution < 1.29 is 4.79 Å². The largest absolute Gasteiger partial charge is 0.317 e. The number of aromatic nitrogens is 4. The number of piperidine rings is 1. The molecule has 0 bridgehead atoms. The van der Waals surface area contributed by atoms with Crippen molar-refractivity contribution in [2.75, 3.05) is 39.0 Å². The topological polar surface area (TPSA) is 80.0 Å². The van der Waals surface area contributed by atoms with Crippen molar-refractivity contribution in [2.24, 2.45) is 0 Å². The van der Waals surface area contributed by atoms with Gasteiger partial charge < -0.3 is 15.5 Å². The minimum absolute atomic E-state index is 0. The lowest BCUT2D eigenvalue weighted by molar-refractivity contribution is -0.126. The van der Waals surface area contributed by atoms with Gasteiger partial charge in [0.05, 0.1) is 6.54 Å². The van der Waals surface area contributed by atoms with E-state index in [-0.39, 0.29) is 30.7 Å². The molecule has 0 spiro atoms. The number of likely N-dealkylation sites (N-methyl/N-ethyl adjacent to an activating group) is 1. The average molecular weight is 404 g/mol. The third-order valence-corrected chi connectivity index (χ3v) is 4.45. The van der Waals surface area contributed by atoms with Crippen LogP contribution in [-0.2, 0) is 16.9 Å². The molecule has 1 aliphatic rings. The highest BCUT2D eigenvalue weighted by molar-refractivity contribution is 5.96. The lowest BCUT2D eigenvalue weighted by atomic mass is 9.87. The summed E-state index contributed by atoms with van der Waals surface area (Å²) < 4.78 is 3.63. The van der Waals surface area contributed by atoms with E-state index in [0.29, 0.717) is 18.7 Å². The van der Waals surface area contributed by atoms with Gasteiger partial charge in [-0.05, 0) is 46.1 Å². The molecule has 0 atom stereocenters. The van der Waals surface area contributed by atoms with E-state index in [1.807, 2.05) is 43.3 Å². The maximum absolute atomic E-state index is 13.0. The van der Waals surface area contributed by atoms with Gasteiger partial charge in [0.1, 0.15) is 5.54 Å². The third-order valence-electron chi connectivity index (χ3n) is 4.45. The van der Waals surface area contributed by atoms with E-state index < -0.39 is 5.54 Å². The van der Waals surface area contributed by atoms with Crippen molar-refractivity contribution >= 4 is 36.5 Å². The first-order chi connectivity index (χ1) is 11.6. The monoisotopic (exact) mass is 403 g/mol. The highest BCUT2D eigenvalue weighted by Crippen LogP contribution is 2.28. The Morgan fingerprint density at radius 3 is 2.65 bits per heavy atom. The maximum Gasteiger partial charge on any atom is 0.253 e. The van der Waals surface area contributed by atoms with E-state index in [1.54, 1.807) is 10.9 Å². The molecule has 3 heterocycles. The number of hydrogen-bond acceptors (Lipinski definition) is 5. The van der Waals surface area contributed by atoms with Gasteiger partial charge >= 0.3 is 0 Å². The van der Waals surface area contributed by atoms with Crippen molar-refractivity contribution in [3.63, 3.8) is 0 Å². The minimum atomic E-state index is -0.651. The van der Waals surface area contributed by atoms with Gasteiger partial charge in [-0.15, -0.1) is 24.8 Å². The van der Waals surface area contributed by atoms with Crippen LogP contribution in [0.1, 0.15) is 12.8 Å². The van der Waals surface area contributed by atoms with Crippen LogP contribution in [0.25, 0.3) is 0 Å². The average Bonchev–Trinajstić information content (AvgIpc) is 3.25. The summed E-state index contributed by atoms with van der Waals surface area (Å²) in [4.78, 5) is 15.1. The maximum atomic E-state index is 13.0. The van der Waals surface area contributed by atoms with Crippen molar-refractivity contribution in [1.29, 1.82) is 0 Å². The second kappa shape index (κ2) is 9.91. The number of halogens is 2. The molecule has 2 N–H and O–H groups in total. The number of amides is 1. The van der Waals surface area contributed by atoms with Crippen LogP contribution in [0.4, 0.5) is 5.82 Å². The molecule has 1 saturated heterocycles. The summed E-state index contributed by atoms with van der Waals surface area (Å²) in [6, 6.07) is 3.69. The molecule has 2 aromatic heterocycles. The molecule has 1 fully saturated rings. The van der Waals surface area contributed by atoms with Gasteiger partial charge in [0.2, 0.25) is 0 Å². The van der Waals surface area contributed by atoms with Crippen LogP contribution in [-0.4, -0.2) is 64.1 Å². The SMILES string of the molecule is CN(C)CCn1ccc(NC(=O)C2(n3cccn3)CCNCC2)n1.Cl.Cl. The van der Waals surface area contributed by atoms with E-state index in [1.165, 1.54) is 0 Å². The van der Waals surface area contributed by atoms with E-state index in [2.05, 4.69) is 25.7 Å². The molecule has 1 aliphatic heterocycles. The predicted molar refractivity (Wildman–Crippen MR) is 106 cm³/mol. The first-order valence-electron chi connectivity index (χ1n) is 8.31. The number of carbonyl (C=O) groups excluding carboxylic acids is 1. The van der Waals surface area contributed by atoms with Gasteiger partial charge in [-0.1, -0.05) is 0 Å². The molecule has 0 saturated carbocycles. The first-order valence-corrected chi connectivity index (χ1v) is 8.31. The van der Waals surface area contributed by atoms with Crippen LogP contribution in [0, 0.1) is 0 Å². The molecule has 0 aromatic carbocycles. The fraction of sp³-hybridized carbons (Fsp3) is 0.562. The van der Waals surface area contributed by atoms with E-state index in [9.17, 15) is 4.79 Å². The Balaban J connectivity index is 0.00000169. The summed E-state index contributed by atoms with van der Waals surface area (Å²) in [5, 5.41) is 15.0. The lowest BCUT2D eigenvalue weighted by Gasteiger charge is -2.36. The van der Waals surface area contributed by atoms with Crippen molar-refractivity contribution in [3.05, 3.63) is 30.7 Å². The first kappa shape index (κ1) is 22.4. The summed E-state index contributed by atoms with van der Waals surface area (Å²) in [6.45, 7) is 3.28. The summed E-state index contributed by atoms with van der Waals surface area (Å²) >= 11 is 0. The fourth-order valence-corrected chi connectivity index (χ4v) is 3.01. The molecule has 0 radical (unpaired) electrons. The zero-order valence-electron chi connectivity index (χ0n) is 15.1. The molecule has 1 amide bonds. The smallest absolute Gasteiger partial charge is 0.253 e. The predicted octanol–water partition coefficient (Wildman–Crippen LogP) is 1.20. The molecular formula is C16H27Cl2N7O. The van der Waals surface area contributed by atoms with E-state index in [0.717, 1.165) is 26.2 Å². The Labute approximate surface area is 166 Å². The molecule has 0 aliphatic carbocycles. The molecular weight excluding hydrogens is 377 g/mol. The Morgan fingerprint density at radius 1 is 1.31 bits per heavy atom. The van der Waals surface area contributed by atoms with E-state index in [4.69, 9.17) is 0 Å². The summed E-state index contributed by atoms with van der Waals surface area (Å²) in [5.74, 6) is 0.536. The highest BCUT2D eigenvalue weighted by atomic mass is 35.5. The fourth-order valence-electron chi connectivity index (χ4n) is 3.01. The highest BCUT2D eigenvalue weighted by Gasteiger charge is 2.42. The molecule has 2 aromatic rings. The van der Waals surface area contributed by atoms with Gasteiger partial charge in [0.25, 0.3) is 5.91 Å². The quantitative estimate of drug-likeness (QED) is 0.757. The molecule has 8 nitrogen and oxygen atoms in total. The zero-order valence-corrected chi connectivity index (χ0v) is 16.7. The van der Waals surface area contributed by atoms with Crippen molar-refractivity contribution in [3.8, 4) is 0 Å². The van der Waals surface area contributed by atoms with Crippen LogP contribution < -0.4 is 10.6 Å². The second-order valence-electron chi connectivity index (χ2n) is 6.45. The van der Waals surface area contributed by atoms with Gasteiger partial charge in [-0.25, -0.2) is 0 Å². The Morgan fingerprint density at radius 2 is 2.04 bits per heavy atom. The number of carbonyl (C=O) groups is 1. The molecule has 26 heavy (non-hydrogen) atoms. The van der Waals surface area contributed by atoms with Crippen LogP contribution in [0.2, 0.25) is 0 Å². The van der Waals surface area contributed by atoms with Crippen LogP contribution in [0.3, 0.4) is 0 Å². The van der Waals surface area contributed by atoms with Crippen LogP contribution >= 0.6 is 24.8 Å². The molecule has 146 valence electrons. The third kappa shape index (κ3) is 4.97. The Hall–Kier alpha value is -1.61. The molecule has 0 unspecified atom stereocenters. The summed E-state index contributed by atoms with van der Waals surface area (Å²) in [7, 11) is 4.05. The minimum Gasteiger partial charge on any atom is -0.317 e. The molecule has 3 rings (SSSR count). The lowest BCUT2D eigenvalue weighted by Crippen LogP contribution is -2.52. The van der Waals surface area contributed by atoms with Crippen molar-refractivity contribution in [2.45, 2.75) is 24.9 Å². The normalized spacial score (nSPS) is 15.8. The standard InChI is InChI=1S/C16H25N7O.2ClH/c1-21(2)12-13-22-11-4-14(20-22)19-15(24)16(5-8-17-9-6-16)23-10-3-7-18-23;;/h3-4,7,10-11,17H,5-6,8-9,12-13H2,1-2H3,(H,19,20,24);2*1H. The number of rotatable bonds is 6. The Bertz CT molecular complexity index is 666. The second-order valence-corrected chi connectivity index (χ2v) is 6.45. The van der Waals surface area contributed by atoms with Gasteiger partial charge in [0.15, 0.2) is 5.82 Å². The number of hydrogen-bond donors (Lipinski definition) is 2. The molecule has 10 heteroatoms. The number of anilines is 1. The Kier molecular flexibility index (Phi) is 8.55. The van der Waals surface area contributed by atoms with Crippen LogP contribution in [0.15, 0.2) is 30.7 Å².